The molecule has 0 unspecified atom stereocenters. The third kappa shape index (κ3) is 4.79. The first-order valence-electron chi connectivity index (χ1n) is 19.1. The molecule has 234 valence electrons. The van der Waals surface area contributed by atoms with E-state index in [1.54, 1.807) is 0 Å². The maximum Gasteiger partial charge on any atom is 0.164 e. The maximum atomic E-state index is 9.65. The minimum absolute atomic E-state index is 0.0514. The van der Waals surface area contributed by atoms with Crippen molar-refractivity contribution in [2.75, 3.05) is 0 Å². The zero-order valence-corrected chi connectivity index (χ0v) is 27.1. The average molecular weight is 664 g/mol. The molecule has 0 amide bonds. The molecule has 0 aliphatic carbocycles. The van der Waals surface area contributed by atoms with Crippen LogP contribution in [0.15, 0.2) is 168 Å². The Labute approximate surface area is 300 Å². The van der Waals surface area contributed by atoms with E-state index in [1.165, 1.54) is 11.3 Å². The van der Waals surface area contributed by atoms with Gasteiger partial charge in [-0.05, 0) is 46.5 Å². The molecule has 0 saturated heterocycles. The minimum Gasteiger partial charge on any atom is -0.456 e. The second kappa shape index (κ2) is 11.6. The lowest BCUT2D eigenvalue weighted by atomic mass is 9.98. The molecule has 0 saturated carbocycles. The van der Waals surface area contributed by atoms with Gasteiger partial charge in [0.05, 0.1) is 8.22 Å². The van der Waals surface area contributed by atoms with E-state index >= 15 is 0 Å². The van der Waals surface area contributed by atoms with Crippen molar-refractivity contribution in [1.82, 2.24) is 15.0 Å². The van der Waals surface area contributed by atoms with Crippen molar-refractivity contribution in [2.24, 2.45) is 0 Å². The third-order valence-corrected chi connectivity index (χ3v) is 9.98. The largest absolute Gasteiger partial charge is 0.456 e. The van der Waals surface area contributed by atoms with Crippen molar-refractivity contribution in [2.45, 2.75) is 0 Å². The van der Waals surface area contributed by atoms with Crippen LogP contribution in [0.1, 0.15) is 8.22 Å². The Morgan fingerprint density at radius 1 is 0.480 bits per heavy atom. The Morgan fingerprint density at radius 2 is 1.16 bits per heavy atom. The first kappa shape index (κ1) is 23.0. The van der Waals surface area contributed by atoms with E-state index in [0.717, 1.165) is 27.5 Å². The monoisotopic (exact) mass is 663 g/mol. The van der Waals surface area contributed by atoms with Gasteiger partial charge in [0.25, 0.3) is 0 Å². The zero-order chi connectivity index (χ0) is 38.2. The molecular formula is C45H27N3OS. The Hall–Kier alpha value is -6.43. The molecule has 10 rings (SSSR count). The number of hydrogen-bond donors (Lipinski definition) is 0. The Balaban J connectivity index is 1.24. The van der Waals surface area contributed by atoms with Crippen molar-refractivity contribution >= 4 is 53.4 Å². The van der Waals surface area contributed by atoms with E-state index < -0.39 is 0 Å². The molecule has 3 aromatic heterocycles. The second-order valence-electron chi connectivity index (χ2n) is 11.9. The Bertz CT molecular complexity index is 3220. The van der Waals surface area contributed by atoms with Crippen LogP contribution in [0.3, 0.4) is 0 Å². The van der Waals surface area contributed by atoms with Gasteiger partial charge in [0.2, 0.25) is 0 Å². The van der Waals surface area contributed by atoms with Gasteiger partial charge in [-0.25, -0.2) is 15.0 Å². The number of furan rings is 1. The zero-order valence-electron chi connectivity index (χ0n) is 32.3. The van der Waals surface area contributed by atoms with Crippen LogP contribution in [-0.4, -0.2) is 15.0 Å². The quantitative estimate of drug-likeness (QED) is 0.184. The summed E-state index contributed by atoms with van der Waals surface area (Å²) in [6, 6.07) is 39.2. The molecule has 50 heavy (non-hydrogen) atoms. The summed E-state index contributed by atoms with van der Waals surface area (Å²) in [5, 5.41) is 2.23. The van der Waals surface area contributed by atoms with Gasteiger partial charge in [0.15, 0.2) is 17.5 Å². The molecule has 0 atom stereocenters. The molecule has 0 aliphatic rings. The van der Waals surface area contributed by atoms with Crippen molar-refractivity contribution < 1.29 is 12.6 Å². The van der Waals surface area contributed by atoms with E-state index in [0.29, 0.717) is 48.9 Å². The molecule has 0 spiro atoms. The highest BCUT2D eigenvalue weighted by Gasteiger charge is 2.19. The predicted octanol–water partition coefficient (Wildman–Crippen LogP) is 12.5. The first-order chi connectivity index (χ1) is 27.3. The van der Waals surface area contributed by atoms with Crippen LogP contribution >= 0.6 is 11.3 Å². The van der Waals surface area contributed by atoms with Crippen LogP contribution in [0, 0.1) is 0 Å². The highest BCUT2D eigenvalue weighted by atomic mass is 32.1. The molecule has 5 heteroatoms. The van der Waals surface area contributed by atoms with Gasteiger partial charge in [-0.3, -0.25) is 0 Å². The first-order valence-corrected chi connectivity index (χ1v) is 16.9. The predicted molar refractivity (Wildman–Crippen MR) is 207 cm³/mol. The molecule has 0 N–H and O–H groups in total. The summed E-state index contributed by atoms with van der Waals surface area (Å²) in [5.74, 6) is 0.717. The second-order valence-corrected chi connectivity index (χ2v) is 12.9. The fraction of sp³-hybridized carbons (Fsp3) is 0. The summed E-state index contributed by atoms with van der Waals surface area (Å²) >= 11 is 1.19. The fourth-order valence-corrected chi connectivity index (χ4v) is 7.64. The smallest absolute Gasteiger partial charge is 0.164 e. The SMILES string of the molecule is [2H]c1c([2H])c([2H])c2c(sc3c([2H])c(-c4nc(-c5ccccc5)nc(-c5cccc6oc7ccccc7c56)n4)c([2H])c([2H])c32)c1-c1cccc(-c2ccccc2)c1. The van der Waals surface area contributed by atoms with E-state index in [9.17, 15) is 4.11 Å². The Morgan fingerprint density at radius 3 is 2.02 bits per heavy atom. The number of aromatic nitrogens is 3. The lowest BCUT2D eigenvalue weighted by Crippen LogP contribution is -2.00. The van der Waals surface area contributed by atoms with Crippen LogP contribution < -0.4 is 0 Å². The lowest BCUT2D eigenvalue weighted by Gasteiger charge is -2.09. The number of fused-ring (bicyclic) bond motifs is 6. The van der Waals surface area contributed by atoms with Crippen LogP contribution in [-0.2, 0) is 0 Å². The third-order valence-electron chi connectivity index (χ3n) is 8.85. The van der Waals surface area contributed by atoms with Gasteiger partial charge in [-0.1, -0.05) is 139 Å². The molecule has 0 radical (unpaired) electrons. The van der Waals surface area contributed by atoms with Gasteiger partial charge in [-0.15, -0.1) is 11.3 Å². The lowest BCUT2D eigenvalue weighted by molar-refractivity contribution is 0.669. The molecule has 10 aromatic rings. The number of rotatable bonds is 5. The summed E-state index contributed by atoms with van der Waals surface area (Å²) in [5.41, 5.74) is 5.87. The van der Waals surface area contributed by atoms with Crippen LogP contribution in [0.25, 0.3) is 98.5 Å². The van der Waals surface area contributed by atoms with Crippen molar-refractivity contribution in [3.8, 4) is 56.4 Å². The standard InChI is InChI=1S/C45H27N3OS/c1-3-12-28(13-4-1)30-16-9-17-31(26-30)33-19-10-20-35-34-25-24-32(27-40(34)50-42(33)35)44-46-43(29-14-5-2-6-15-29)47-45(48-44)37-21-11-23-39-41(37)36-18-7-8-22-38(36)49-39/h1-27H/i10D,19D,20D,24D,25D,27D. The summed E-state index contributed by atoms with van der Waals surface area (Å²) in [6.45, 7) is 0. The molecule has 4 nitrogen and oxygen atoms in total. The molecule has 0 aliphatic heterocycles. The average Bonchev–Trinajstić information content (AvgIpc) is 3.83. The van der Waals surface area contributed by atoms with Crippen LogP contribution in [0.2, 0.25) is 0 Å². The van der Waals surface area contributed by atoms with Crippen molar-refractivity contribution in [1.29, 1.82) is 0 Å². The normalized spacial score (nSPS) is 13.3. The fourth-order valence-electron chi connectivity index (χ4n) is 6.50. The number of para-hydroxylation sites is 1. The van der Waals surface area contributed by atoms with E-state index in [4.69, 9.17) is 23.5 Å². The van der Waals surface area contributed by atoms with Crippen LogP contribution in [0.4, 0.5) is 0 Å². The van der Waals surface area contributed by atoms with Gasteiger partial charge in [-0.2, -0.15) is 0 Å². The van der Waals surface area contributed by atoms with Gasteiger partial charge in [0.1, 0.15) is 11.2 Å². The summed E-state index contributed by atoms with van der Waals surface area (Å²) in [4.78, 5) is 14.7. The maximum absolute atomic E-state index is 9.65. The van der Waals surface area contributed by atoms with E-state index in [-0.39, 0.29) is 58.4 Å². The van der Waals surface area contributed by atoms with Gasteiger partial charge < -0.3 is 4.42 Å². The molecule has 0 fully saturated rings. The highest BCUT2D eigenvalue weighted by molar-refractivity contribution is 7.26. The number of benzene rings is 7. The van der Waals surface area contributed by atoms with Crippen molar-refractivity contribution in [3.05, 3.63) is 164 Å². The summed E-state index contributed by atoms with van der Waals surface area (Å²) < 4.78 is 62.4. The highest BCUT2D eigenvalue weighted by Crippen LogP contribution is 2.42. The van der Waals surface area contributed by atoms with E-state index in [2.05, 4.69) is 0 Å². The summed E-state index contributed by atoms with van der Waals surface area (Å²) in [7, 11) is 0. The summed E-state index contributed by atoms with van der Waals surface area (Å²) in [6.07, 6.45) is 0. The number of nitrogens with zero attached hydrogens (tertiary/aromatic N) is 3. The molecule has 7 aromatic carbocycles. The van der Waals surface area contributed by atoms with E-state index in [1.807, 2.05) is 127 Å². The number of thiophene rings is 1. The van der Waals surface area contributed by atoms with Crippen LogP contribution in [0.5, 0.6) is 0 Å². The van der Waals surface area contributed by atoms with Gasteiger partial charge >= 0.3 is 0 Å². The minimum atomic E-state index is -0.283. The molecular weight excluding hydrogens is 631 g/mol. The molecule has 0 bridgehead atoms. The molecule has 3 heterocycles. The van der Waals surface area contributed by atoms with Gasteiger partial charge in [0, 0.05) is 47.6 Å². The Kier molecular flexibility index (Phi) is 5.35. The van der Waals surface area contributed by atoms with Crippen molar-refractivity contribution in [3.63, 3.8) is 0 Å². The topological polar surface area (TPSA) is 51.8 Å². The number of hydrogen-bond acceptors (Lipinski definition) is 5.